The van der Waals surface area contributed by atoms with E-state index in [1.54, 1.807) is 0 Å². The quantitative estimate of drug-likeness (QED) is 0.837. The predicted octanol–water partition coefficient (Wildman–Crippen LogP) is 2.87. The maximum atomic E-state index is 5.84. The Kier molecular flexibility index (Phi) is 4.24. The van der Waals surface area contributed by atoms with Gasteiger partial charge >= 0.3 is 0 Å². The van der Waals surface area contributed by atoms with Gasteiger partial charge in [0.2, 0.25) is 0 Å². The number of hydrogen-bond donors (Lipinski definition) is 2. The van der Waals surface area contributed by atoms with E-state index in [0.29, 0.717) is 0 Å². The summed E-state index contributed by atoms with van der Waals surface area (Å²) < 4.78 is 5.84. The lowest BCUT2D eigenvalue weighted by Crippen LogP contribution is -2.36. The molecular formula is C18H22N4OS. The smallest absolute Gasteiger partial charge is 0.170 e. The molecule has 0 amide bonds. The normalized spacial score (nSPS) is 26.8. The van der Waals surface area contributed by atoms with Gasteiger partial charge < -0.3 is 19.9 Å². The summed E-state index contributed by atoms with van der Waals surface area (Å²) in [5, 5.41) is 4.25. The summed E-state index contributed by atoms with van der Waals surface area (Å²) in [7, 11) is 0. The van der Waals surface area contributed by atoms with Crippen molar-refractivity contribution in [3.63, 3.8) is 0 Å². The Morgan fingerprint density at radius 1 is 1.33 bits per heavy atom. The third-order valence-electron chi connectivity index (χ3n) is 4.80. The number of aromatic nitrogens is 2. The maximum absolute atomic E-state index is 5.84. The zero-order valence-electron chi connectivity index (χ0n) is 13.7. The minimum atomic E-state index is 0.0400. The van der Waals surface area contributed by atoms with Crippen LogP contribution >= 0.6 is 12.2 Å². The second kappa shape index (κ2) is 6.53. The van der Waals surface area contributed by atoms with Gasteiger partial charge in [0, 0.05) is 30.7 Å². The van der Waals surface area contributed by atoms with Crippen molar-refractivity contribution in [2.45, 2.75) is 38.0 Å². The predicted molar refractivity (Wildman–Crippen MR) is 96.7 cm³/mol. The SMILES string of the molecule is Cc1ccc([C@@H]2[C@H](c3ccccn3)NC(=S)N2C[C@@H]2CCCO2)[nH]1. The molecule has 5 nitrogen and oxygen atoms in total. The fourth-order valence-electron chi connectivity index (χ4n) is 3.65. The molecule has 2 aromatic rings. The first-order valence-corrected chi connectivity index (χ1v) is 8.88. The van der Waals surface area contributed by atoms with Gasteiger partial charge in [-0.3, -0.25) is 4.98 Å². The first-order valence-electron chi connectivity index (χ1n) is 8.47. The lowest BCUT2D eigenvalue weighted by atomic mass is 10.0. The van der Waals surface area contributed by atoms with Gasteiger partial charge in [0.25, 0.3) is 0 Å². The van der Waals surface area contributed by atoms with Crippen molar-refractivity contribution >= 4 is 17.3 Å². The van der Waals surface area contributed by atoms with Crippen LogP contribution in [0.3, 0.4) is 0 Å². The molecule has 0 saturated carbocycles. The summed E-state index contributed by atoms with van der Waals surface area (Å²) in [4.78, 5) is 10.3. The van der Waals surface area contributed by atoms with E-state index in [1.165, 1.54) is 0 Å². The van der Waals surface area contributed by atoms with Crippen LogP contribution in [0.5, 0.6) is 0 Å². The average molecular weight is 342 g/mol. The lowest BCUT2D eigenvalue weighted by molar-refractivity contribution is 0.0838. The minimum absolute atomic E-state index is 0.0400. The molecule has 0 radical (unpaired) electrons. The third-order valence-corrected chi connectivity index (χ3v) is 5.15. The number of aryl methyl sites for hydroxylation is 1. The number of nitrogens with zero attached hydrogens (tertiary/aromatic N) is 2. The second-order valence-electron chi connectivity index (χ2n) is 6.51. The van der Waals surface area contributed by atoms with Crippen LogP contribution < -0.4 is 5.32 Å². The van der Waals surface area contributed by atoms with Gasteiger partial charge in [0.05, 0.1) is 23.9 Å². The van der Waals surface area contributed by atoms with Crippen molar-refractivity contribution in [1.29, 1.82) is 0 Å². The molecule has 2 saturated heterocycles. The summed E-state index contributed by atoms with van der Waals surface area (Å²) >= 11 is 5.65. The topological polar surface area (TPSA) is 53.2 Å². The molecule has 0 aliphatic carbocycles. The van der Waals surface area contributed by atoms with E-state index in [9.17, 15) is 0 Å². The van der Waals surface area contributed by atoms with Crippen molar-refractivity contribution in [2.75, 3.05) is 13.2 Å². The first kappa shape index (κ1) is 15.6. The standard InChI is InChI=1S/C18H22N4OS/c1-12-7-8-15(20-12)17-16(14-6-2-3-9-19-14)21-18(24)22(17)11-13-5-4-10-23-13/h2-3,6-9,13,16-17,20H,4-5,10-11H2,1H3,(H,21,24)/t13-,16-,17+/m0/s1. The number of H-pyrrole nitrogens is 1. The molecule has 2 N–H and O–H groups in total. The number of pyridine rings is 1. The van der Waals surface area contributed by atoms with Gasteiger partial charge in [-0.25, -0.2) is 0 Å². The molecule has 2 aromatic heterocycles. The van der Waals surface area contributed by atoms with Crippen LogP contribution in [0.1, 0.15) is 42.0 Å². The van der Waals surface area contributed by atoms with Crippen LogP contribution in [-0.2, 0) is 4.74 Å². The summed E-state index contributed by atoms with van der Waals surface area (Å²) in [5.74, 6) is 0. The lowest BCUT2D eigenvalue weighted by Gasteiger charge is -2.29. The monoisotopic (exact) mass is 342 g/mol. The van der Waals surface area contributed by atoms with Crippen LogP contribution in [-0.4, -0.2) is 39.2 Å². The molecule has 3 atom stereocenters. The molecule has 4 rings (SSSR count). The van der Waals surface area contributed by atoms with Gasteiger partial charge in [0.1, 0.15) is 0 Å². The van der Waals surface area contributed by atoms with Gasteiger partial charge in [-0.2, -0.15) is 0 Å². The molecule has 2 aliphatic heterocycles. The van der Waals surface area contributed by atoms with Crippen LogP contribution in [0.4, 0.5) is 0 Å². The maximum Gasteiger partial charge on any atom is 0.170 e. The zero-order valence-corrected chi connectivity index (χ0v) is 14.6. The van der Waals surface area contributed by atoms with Crippen molar-refractivity contribution in [2.24, 2.45) is 0 Å². The van der Waals surface area contributed by atoms with E-state index in [1.807, 2.05) is 18.3 Å². The molecule has 0 unspecified atom stereocenters. The van der Waals surface area contributed by atoms with Crippen molar-refractivity contribution in [1.82, 2.24) is 20.2 Å². The molecule has 2 aliphatic rings. The summed E-state index contributed by atoms with van der Waals surface area (Å²) in [6.07, 6.45) is 4.32. The van der Waals surface area contributed by atoms with E-state index >= 15 is 0 Å². The number of ether oxygens (including phenoxy) is 1. The van der Waals surface area contributed by atoms with Crippen molar-refractivity contribution in [3.8, 4) is 0 Å². The van der Waals surface area contributed by atoms with Crippen LogP contribution in [0, 0.1) is 6.92 Å². The zero-order chi connectivity index (χ0) is 16.5. The van der Waals surface area contributed by atoms with E-state index < -0.39 is 0 Å². The molecule has 0 spiro atoms. The Balaban J connectivity index is 1.67. The number of rotatable bonds is 4. The molecule has 126 valence electrons. The third kappa shape index (κ3) is 2.91. The molecule has 2 fully saturated rings. The largest absolute Gasteiger partial charge is 0.376 e. The van der Waals surface area contributed by atoms with Crippen molar-refractivity contribution < 1.29 is 4.74 Å². The Morgan fingerprint density at radius 3 is 2.92 bits per heavy atom. The van der Waals surface area contributed by atoms with Crippen LogP contribution in [0.2, 0.25) is 0 Å². The molecule has 6 heteroatoms. The Morgan fingerprint density at radius 2 is 2.25 bits per heavy atom. The second-order valence-corrected chi connectivity index (χ2v) is 6.90. The van der Waals surface area contributed by atoms with Gasteiger partial charge in [-0.05, 0) is 56.2 Å². The highest BCUT2D eigenvalue weighted by atomic mass is 32.1. The fourth-order valence-corrected chi connectivity index (χ4v) is 3.96. The Bertz CT molecular complexity index is 711. The molecule has 24 heavy (non-hydrogen) atoms. The van der Waals surface area contributed by atoms with E-state index in [2.05, 4.69) is 45.3 Å². The van der Waals surface area contributed by atoms with E-state index in [0.717, 1.165) is 48.2 Å². The number of thiocarbonyl (C=S) groups is 1. The van der Waals surface area contributed by atoms with Crippen LogP contribution in [0.15, 0.2) is 36.5 Å². The summed E-state index contributed by atoms with van der Waals surface area (Å²) in [5.41, 5.74) is 3.32. The molecule has 0 bridgehead atoms. The highest BCUT2D eigenvalue weighted by Crippen LogP contribution is 2.38. The van der Waals surface area contributed by atoms with Crippen molar-refractivity contribution in [3.05, 3.63) is 53.6 Å². The average Bonchev–Trinajstić information content (AvgIpc) is 3.31. The van der Waals surface area contributed by atoms with E-state index in [-0.39, 0.29) is 18.2 Å². The fraction of sp³-hybridized carbons (Fsp3) is 0.444. The number of aromatic amines is 1. The van der Waals surface area contributed by atoms with Gasteiger partial charge in [0.15, 0.2) is 5.11 Å². The van der Waals surface area contributed by atoms with Crippen LogP contribution in [0.25, 0.3) is 0 Å². The summed E-state index contributed by atoms with van der Waals surface area (Å²) in [6, 6.07) is 10.4. The molecule has 0 aromatic carbocycles. The van der Waals surface area contributed by atoms with E-state index in [4.69, 9.17) is 17.0 Å². The summed E-state index contributed by atoms with van der Waals surface area (Å²) in [6.45, 7) is 3.75. The molecule has 4 heterocycles. The highest BCUT2D eigenvalue weighted by Gasteiger charge is 2.41. The first-order chi connectivity index (χ1) is 11.7. The number of nitrogens with one attached hydrogen (secondary N) is 2. The van der Waals surface area contributed by atoms with Gasteiger partial charge in [-0.1, -0.05) is 6.07 Å². The highest BCUT2D eigenvalue weighted by molar-refractivity contribution is 7.80. The van der Waals surface area contributed by atoms with Gasteiger partial charge in [-0.15, -0.1) is 0 Å². The Labute approximate surface area is 147 Å². The number of hydrogen-bond acceptors (Lipinski definition) is 3. The Hall–Kier alpha value is -1.92. The minimum Gasteiger partial charge on any atom is -0.376 e. The molecular weight excluding hydrogens is 320 g/mol.